The average Bonchev–Trinajstić information content (AvgIpc) is 2.47. The third kappa shape index (κ3) is 3.65. The van der Waals surface area contributed by atoms with Gasteiger partial charge in [0.15, 0.2) is 0 Å². The lowest BCUT2D eigenvalue weighted by Crippen LogP contribution is -2.49. The molecule has 1 heterocycles. The Labute approximate surface area is 125 Å². The summed E-state index contributed by atoms with van der Waals surface area (Å²) in [5.41, 5.74) is 0.335. The molecule has 6 heteroatoms. The van der Waals surface area contributed by atoms with E-state index in [1.165, 1.54) is 23.1 Å². The maximum Gasteiger partial charge on any atom is 0.247 e. The third-order valence-electron chi connectivity index (χ3n) is 3.08. The van der Waals surface area contributed by atoms with Crippen LogP contribution in [0.15, 0.2) is 28.7 Å². The van der Waals surface area contributed by atoms with E-state index in [0.29, 0.717) is 25.3 Å². The van der Waals surface area contributed by atoms with E-state index in [0.717, 1.165) is 4.47 Å². The lowest BCUT2D eigenvalue weighted by molar-refractivity contribution is -0.136. The van der Waals surface area contributed by atoms with E-state index >= 15 is 0 Å². The molecule has 0 bridgehead atoms. The zero-order valence-electron chi connectivity index (χ0n) is 10.8. The highest BCUT2D eigenvalue weighted by atomic mass is 79.9. The zero-order valence-corrected chi connectivity index (χ0v) is 12.3. The first kappa shape index (κ1) is 15.2. The summed E-state index contributed by atoms with van der Waals surface area (Å²) < 4.78 is 19.5. The molecule has 20 heavy (non-hydrogen) atoms. The zero-order chi connectivity index (χ0) is 14.5. The van der Waals surface area contributed by atoms with Crippen LogP contribution < -0.4 is 0 Å². The molecule has 1 unspecified atom stereocenters. The summed E-state index contributed by atoms with van der Waals surface area (Å²) in [6, 6.07) is 4.19. The molecule has 1 amide bonds. The fourth-order valence-electron chi connectivity index (χ4n) is 2.00. The standard InChI is InChI=1S/C14H15BrFNO3/c15-11-2-3-13(16)10(7-11)1-4-14(19)17-5-6-20-9-12(17)8-18/h1-4,7,12,18H,5-6,8-9H2/b4-1+. The van der Waals surface area contributed by atoms with E-state index < -0.39 is 5.82 Å². The molecule has 1 aromatic carbocycles. The molecule has 1 aromatic rings. The van der Waals surface area contributed by atoms with Gasteiger partial charge in [-0.25, -0.2) is 4.39 Å². The molecule has 0 spiro atoms. The summed E-state index contributed by atoms with van der Waals surface area (Å²) >= 11 is 3.26. The van der Waals surface area contributed by atoms with Crippen LogP contribution in [0, 0.1) is 5.82 Å². The van der Waals surface area contributed by atoms with Gasteiger partial charge in [0, 0.05) is 22.7 Å². The van der Waals surface area contributed by atoms with Gasteiger partial charge in [0.05, 0.1) is 25.9 Å². The van der Waals surface area contributed by atoms with Crippen molar-refractivity contribution in [2.24, 2.45) is 0 Å². The lowest BCUT2D eigenvalue weighted by Gasteiger charge is -2.33. The molecule has 2 rings (SSSR count). The molecule has 108 valence electrons. The maximum atomic E-state index is 13.5. The Kier molecular flexibility index (Phi) is 5.28. The van der Waals surface area contributed by atoms with Gasteiger partial charge in [0.2, 0.25) is 5.91 Å². The smallest absolute Gasteiger partial charge is 0.247 e. The van der Waals surface area contributed by atoms with Crippen molar-refractivity contribution < 1.29 is 19.0 Å². The number of carbonyl (C=O) groups excluding carboxylic acids is 1. The second-order valence-corrected chi connectivity index (χ2v) is 5.36. The minimum absolute atomic E-state index is 0.148. The van der Waals surface area contributed by atoms with Crippen molar-refractivity contribution in [2.45, 2.75) is 6.04 Å². The van der Waals surface area contributed by atoms with E-state index in [1.54, 1.807) is 12.1 Å². The molecule has 0 saturated carbocycles. The van der Waals surface area contributed by atoms with Gasteiger partial charge >= 0.3 is 0 Å². The van der Waals surface area contributed by atoms with E-state index in [-0.39, 0.29) is 18.6 Å². The van der Waals surface area contributed by atoms with Gasteiger partial charge in [0.1, 0.15) is 5.82 Å². The maximum absolute atomic E-state index is 13.5. The fourth-order valence-corrected chi connectivity index (χ4v) is 2.37. The number of hydrogen-bond acceptors (Lipinski definition) is 3. The Morgan fingerprint density at radius 3 is 3.15 bits per heavy atom. The third-order valence-corrected chi connectivity index (χ3v) is 3.58. The number of morpholine rings is 1. The molecule has 4 nitrogen and oxygen atoms in total. The van der Waals surface area contributed by atoms with Crippen molar-refractivity contribution in [3.63, 3.8) is 0 Å². The fraction of sp³-hybridized carbons (Fsp3) is 0.357. The summed E-state index contributed by atoms with van der Waals surface area (Å²) in [6.07, 6.45) is 2.76. The summed E-state index contributed by atoms with van der Waals surface area (Å²) in [5, 5.41) is 9.21. The Hall–Kier alpha value is -1.24. The first-order valence-electron chi connectivity index (χ1n) is 6.24. The Morgan fingerprint density at radius 2 is 2.40 bits per heavy atom. The summed E-state index contributed by atoms with van der Waals surface area (Å²) in [7, 11) is 0. The van der Waals surface area contributed by atoms with Gasteiger partial charge < -0.3 is 14.7 Å². The van der Waals surface area contributed by atoms with Crippen molar-refractivity contribution in [1.29, 1.82) is 0 Å². The number of nitrogens with zero attached hydrogens (tertiary/aromatic N) is 1. The summed E-state index contributed by atoms with van der Waals surface area (Å²) in [4.78, 5) is 13.6. The second kappa shape index (κ2) is 6.97. The highest BCUT2D eigenvalue weighted by Crippen LogP contribution is 2.17. The van der Waals surface area contributed by atoms with Crippen molar-refractivity contribution in [1.82, 2.24) is 4.90 Å². The molecular weight excluding hydrogens is 329 g/mol. The molecule has 1 atom stereocenters. The van der Waals surface area contributed by atoms with Gasteiger partial charge in [-0.3, -0.25) is 4.79 Å². The SMILES string of the molecule is O=C(/C=C/c1cc(Br)ccc1F)N1CCOCC1CO. The van der Waals surface area contributed by atoms with Crippen molar-refractivity contribution >= 4 is 27.9 Å². The van der Waals surface area contributed by atoms with E-state index in [4.69, 9.17) is 4.74 Å². The Morgan fingerprint density at radius 1 is 1.60 bits per heavy atom. The van der Waals surface area contributed by atoms with Crippen LogP contribution in [0.4, 0.5) is 4.39 Å². The van der Waals surface area contributed by atoms with Gasteiger partial charge in [0.25, 0.3) is 0 Å². The number of carbonyl (C=O) groups is 1. The number of aliphatic hydroxyl groups excluding tert-OH is 1. The van der Waals surface area contributed by atoms with Crippen LogP contribution in [0.3, 0.4) is 0 Å². The summed E-state index contributed by atoms with van der Waals surface area (Å²) in [6.45, 7) is 1.04. The van der Waals surface area contributed by atoms with E-state index in [2.05, 4.69) is 15.9 Å². The van der Waals surface area contributed by atoms with Crippen LogP contribution >= 0.6 is 15.9 Å². The molecule has 0 aromatic heterocycles. The van der Waals surface area contributed by atoms with Crippen molar-refractivity contribution in [2.75, 3.05) is 26.4 Å². The molecule has 1 aliphatic heterocycles. The number of aliphatic hydroxyl groups is 1. The minimum atomic E-state index is -0.391. The van der Waals surface area contributed by atoms with Crippen molar-refractivity contribution in [3.05, 3.63) is 40.1 Å². The number of amides is 1. The van der Waals surface area contributed by atoms with Gasteiger partial charge in [-0.15, -0.1) is 0 Å². The monoisotopic (exact) mass is 343 g/mol. The predicted octanol–water partition coefficient (Wildman–Crippen LogP) is 1.82. The second-order valence-electron chi connectivity index (χ2n) is 4.44. The van der Waals surface area contributed by atoms with Crippen LogP contribution in [-0.2, 0) is 9.53 Å². The van der Waals surface area contributed by atoms with Gasteiger partial charge in [-0.1, -0.05) is 15.9 Å². The predicted molar refractivity (Wildman–Crippen MR) is 76.5 cm³/mol. The van der Waals surface area contributed by atoms with Crippen molar-refractivity contribution in [3.8, 4) is 0 Å². The van der Waals surface area contributed by atoms with Crippen LogP contribution in [-0.4, -0.2) is 48.3 Å². The Balaban J connectivity index is 2.10. The Bertz CT molecular complexity index is 521. The number of rotatable bonds is 3. The van der Waals surface area contributed by atoms with Gasteiger partial charge in [-0.2, -0.15) is 0 Å². The first-order valence-corrected chi connectivity index (χ1v) is 7.03. The molecule has 1 fully saturated rings. The topological polar surface area (TPSA) is 49.8 Å². The normalized spacial score (nSPS) is 19.6. The van der Waals surface area contributed by atoms with E-state index in [1.807, 2.05) is 0 Å². The van der Waals surface area contributed by atoms with Crippen LogP contribution in [0.1, 0.15) is 5.56 Å². The molecule has 0 radical (unpaired) electrons. The highest BCUT2D eigenvalue weighted by molar-refractivity contribution is 9.10. The lowest BCUT2D eigenvalue weighted by atomic mass is 10.2. The van der Waals surface area contributed by atoms with Gasteiger partial charge in [-0.05, 0) is 24.3 Å². The van der Waals surface area contributed by atoms with Crippen LogP contribution in [0.2, 0.25) is 0 Å². The largest absolute Gasteiger partial charge is 0.394 e. The number of ether oxygens (including phenoxy) is 1. The number of halogens is 2. The molecule has 0 aliphatic carbocycles. The molecule has 1 N–H and O–H groups in total. The first-order chi connectivity index (χ1) is 9.61. The van der Waals surface area contributed by atoms with E-state index in [9.17, 15) is 14.3 Å². The quantitative estimate of drug-likeness (QED) is 0.851. The van der Waals surface area contributed by atoms with Crippen LogP contribution in [0.25, 0.3) is 6.08 Å². The van der Waals surface area contributed by atoms with Crippen LogP contribution in [0.5, 0.6) is 0 Å². The number of benzene rings is 1. The molecule has 1 aliphatic rings. The number of hydrogen-bond donors (Lipinski definition) is 1. The molecule has 1 saturated heterocycles. The summed E-state index contributed by atoms with van der Waals surface area (Å²) in [5.74, 6) is -0.648. The highest BCUT2D eigenvalue weighted by Gasteiger charge is 2.25. The average molecular weight is 344 g/mol. The minimum Gasteiger partial charge on any atom is -0.394 e. The molecular formula is C14H15BrFNO3.